The maximum absolute atomic E-state index is 5.07. The van der Waals surface area contributed by atoms with Gasteiger partial charge in [0, 0.05) is 24.5 Å². The average molecular weight is 773 g/mol. The van der Waals surface area contributed by atoms with Crippen LogP contribution in [0.4, 0.5) is 11.4 Å². The molecule has 0 N–H and O–H groups in total. The summed E-state index contributed by atoms with van der Waals surface area (Å²) in [5.41, 5.74) is 14.1. The molecule has 46 heavy (non-hydrogen) atoms. The SMILES string of the molecule is C1CCC(P(C2CCCCC2)C2CCCCC2)CC1.Cc1cc(C)c(N2[C]N(c3c(C)cc(C)cc3C)CC2)c(C)c1.[CH2]=[Ru]([Cl])[Cl]. The number of hydrogen-bond donors (Lipinski definition) is 0. The summed E-state index contributed by atoms with van der Waals surface area (Å²) in [5.74, 6) is 0. The van der Waals surface area contributed by atoms with Crippen LogP contribution in [0.3, 0.4) is 0 Å². The van der Waals surface area contributed by atoms with Crippen molar-refractivity contribution >= 4 is 43.8 Å². The van der Waals surface area contributed by atoms with Gasteiger partial charge in [-0.25, -0.2) is 0 Å². The first-order valence-electron chi connectivity index (χ1n) is 18.1. The number of rotatable bonds is 5. The molecule has 4 aliphatic rings. The predicted molar refractivity (Wildman–Crippen MR) is 206 cm³/mol. The van der Waals surface area contributed by atoms with Crippen molar-refractivity contribution in [2.45, 2.75) is 155 Å². The van der Waals surface area contributed by atoms with E-state index in [-0.39, 0.29) is 0 Å². The van der Waals surface area contributed by atoms with Gasteiger partial charge in [-0.05, 0) is 119 Å². The van der Waals surface area contributed by atoms with Gasteiger partial charge in [0.1, 0.15) is 0 Å². The molecule has 0 atom stereocenters. The van der Waals surface area contributed by atoms with Crippen LogP contribution in [0.1, 0.15) is 130 Å². The van der Waals surface area contributed by atoms with E-state index < -0.39 is 13.5 Å². The number of nitrogens with zero attached hydrogens (tertiary/aromatic N) is 2. The molecule has 4 fully saturated rings. The monoisotopic (exact) mass is 772 g/mol. The molecule has 2 aromatic rings. The van der Waals surface area contributed by atoms with E-state index in [1.165, 1.54) is 81.0 Å². The molecule has 3 saturated carbocycles. The van der Waals surface area contributed by atoms with Crippen LogP contribution in [-0.2, 0) is 13.5 Å². The minimum absolute atomic E-state index is 0.385. The molecule has 3 aliphatic carbocycles. The summed E-state index contributed by atoms with van der Waals surface area (Å²) >= 11 is -1.48. The molecule has 6 rings (SSSR count). The van der Waals surface area contributed by atoms with Gasteiger partial charge in [0.25, 0.3) is 0 Å². The second-order valence-electron chi connectivity index (χ2n) is 14.5. The number of hydrogen-bond acceptors (Lipinski definition) is 2. The summed E-state index contributed by atoms with van der Waals surface area (Å²) in [7, 11) is 10.5. The molecule has 1 heterocycles. The molecule has 0 amide bonds. The molecule has 258 valence electrons. The van der Waals surface area contributed by atoms with Crippen molar-refractivity contribution in [2.75, 3.05) is 22.9 Å². The molecule has 1 aliphatic heterocycles. The van der Waals surface area contributed by atoms with Gasteiger partial charge in [0.2, 0.25) is 6.67 Å². The number of anilines is 2. The molecular weight excluding hydrogens is 711 g/mol. The second-order valence-corrected chi connectivity index (χ2v) is 23.3. The number of halogens is 2. The fourth-order valence-electron chi connectivity index (χ4n) is 9.00. The molecule has 0 aromatic heterocycles. The Kier molecular flexibility index (Phi) is 15.9. The van der Waals surface area contributed by atoms with Gasteiger partial charge in [-0.15, -0.1) is 0 Å². The Labute approximate surface area is 297 Å². The zero-order valence-corrected chi connectivity index (χ0v) is 33.9. The van der Waals surface area contributed by atoms with Crippen molar-refractivity contribution < 1.29 is 13.5 Å². The summed E-state index contributed by atoms with van der Waals surface area (Å²) in [6.07, 6.45) is 23.6. The first-order chi connectivity index (χ1) is 22.0. The molecule has 1 saturated heterocycles. The Morgan fingerprint density at radius 3 is 1.09 bits per heavy atom. The Morgan fingerprint density at radius 2 is 0.826 bits per heavy atom. The van der Waals surface area contributed by atoms with E-state index in [9.17, 15) is 0 Å². The average Bonchev–Trinajstić information content (AvgIpc) is 3.47. The molecule has 0 unspecified atom stereocenters. The minimum atomic E-state index is -1.48. The van der Waals surface area contributed by atoms with Crippen molar-refractivity contribution in [2.24, 2.45) is 0 Å². The third kappa shape index (κ3) is 11.0. The molecule has 0 spiro atoms. The van der Waals surface area contributed by atoms with Gasteiger partial charge in [-0.3, -0.25) is 0 Å². The second kappa shape index (κ2) is 19.1. The van der Waals surface area contributed by atoms with Gasteiger partial charge in [-0.1, -0.05) is 101 Å². The van der Waals surface area contributed by atoms with Crippen LogP contribution < -0.4 is 9.80 Å². The molecule has 6 heteroatoms. The van der Waals surface area contributed by atoms with Crippen molar-refractivity contribution in [1.82, 2.24) is 0 Å². The summed E-state index contributed by atoms with van der Waals surface area (Å²) in [5, 5.41) is 3.31. The summed E-state index contributed by atoms with van der Waals surface area (Å²) in [6, 6.07) is 9.04. The van der Waals surface area contributed by atoms with E-state index in [2.05, 4.69) is 87.4 Å². The third-order valence-corrected chi connectivity index (χ3v) is 14.7. The van der Waals surface area contributed by atoms with Crippen LogP contribution >= 0.6 is 27.3 Å². The Bertz CT molecular complexity index is 1110. The van der Waals surface area contributed by atoms with Crippen LogP contribution in [0.15, 0.2) is 24.3 Å². The number of aryl methyl sites for hydroxylation is 6. The first kappa shape index (κ1) is 38.3. The van der Waals surface area contributed by atoms with Crippen LogP contribution in [0.25, 0.3) is 0 Å². The standard InChI is InChI=1S/C21H26N2.C18H33P.CH2.2ClH.Ru/c1-14-9-16(3)20(17(4)10-14)22-7-8-23(13-22)21-18(5)11-15(2)12-19(21)6;1-4-10-16(11-5-1)19(17-12-6-2-7-13-17)18-14-8-3-9-15-18;;;;/h9-12H,7-8H2,1-6H3;16-18H,1-15H2;1H2;2*1H;/q;;;;;+2/p-2. The van der Waals surface area contributed by atoms with Gasteiger partial charge < -0.3 is 9.80 Å². The normalized spacial score (nSPS) is 20.2. The first-order valence-corrected chi connectivity index (χ1v) is 25.3. The van der Waals surface area contributed by atoms with Crippen molar-refractivity contribution in [3.63, 3.8) is 0 Å². The van der Waals surface area contributed by atoms with Crippen molar-refractivity contribution in [3.05, 3.63) is 64.3 Å². The van der Waals surface area contributed by atoms with E-state index in [4.69, 9.17) is 19.4 Å². The van der Waals surface area contributed by atoms with Gasteiger partial charge in [-0.2, -0.15) is 0 Å². The summed E-state index contributed by atoms with van der Waals surface area (Å²) in [4.78, 5) is 4.56. The maximum atomic E-state index is 5.07. The topological polar surface area (TPSA) is 6.48 Å². The zero-order chi connectivity index (χ0) is 33.2. The predicted octanol–water partition coefficient (Wildman–Crippen LogP) is 12.7. The molecule has 2 radical (unpaired) electrons. The van der Waals surface area contributed by atoms with Gasteiger partial charge in [0.15, 0.2) is 0 Å². The van der Waals surface area contributed by atoms with Crippen LogP contribution in [0.5, 0.6) is 0 Å². The summed E-state index contributed by atoms with van der Waals surface area (Å²) < 4.78 is 0. The molecule has 2 nitrogen and oxygen atoms in total. The van der Waals surface area contributed by atoms with Crippen LogP contribution in [0.2, 0.25) is 0 Å². The van der Waals surface area contributed by atoms with Gasteiger partial charge >= 0.3 is 38.0 Å². The Balaban J connectivity index is 0.000000190. The van der Waals surface area contributed by atoms with E-state index in [0.29, 0.717) is 7.92 Å². The van der Waals surface area contributed by atoms with E-state index >= 15 is 0 Å². The molecule has 0 bridgehead atoms. The zero-order valence-electron chi connectivity index (χ0n) is 29.7. The van der Waals surface area contributed by atoms with E-state index in [1.54, 1.807) is 77.0 Å². The van der Waals surface area contributed by atoms with Crippen LogP contribution in [0, 0.1) is 48.2 Å². The Morgan fingerprint density at radius 1 is 0.565 bits per heavy atom. The third-order valence-electron chi connectivity index (χ3n) is 10.6. The Hall–Kier alpha value is -0.457. The fraction of sp³-hybridized carbons (Fsp3) is 0.650. The van der Waals surface area contributed by atoms with Gasteiger partial charge in [0.05, 0.1) is 0 Å². The molecule has 2 aromatic carbocycles. The fourth-order valence-corrected chi connectivity index (χ4v) is 13.7. The van der Waals surface area contributed by atoms with E-state index in [0.717, 1.165) is 13.1 Å². The number of benzene rings is 2. The molecular formula is C40H61Cl2N2PRu. The van der Waals surface area contributed by atoms with Crippen molar-refractivity contribution in [1.29, 1.82) is 0 Å². The quantitative estimate of drug-likeness (QED) is 0.221. The summed E-state index contributed by atoms with van der Waals surface area (Å²) in [6.45, 7) is 18.7. The van der Waals surface area contributed by atoms with Crippen LogP contribution in [-0.4, -0.2) is 35.2 Å². The van der Waals surface area contributed by atoms with E-state index in [1.807, 2.05) is 0 Å². The van der Waals surface area contributed by atoms with Crippen molar-refractivity contribution in [3.8, 4) is 0 Å².